The van der Waals surface area contributed by atoms with E-state index in [2.05, 4.69) is 13.2 Å². The molecule has 4 nitrogen and oxygen atoms in total. The molecule has 0 saturated heterocycles. The zero-order chi connectivity index (χ0) is 11.0. The van der Waals surface area contributed by atoms with Crippen molar-refractivity contribution in [2.45, 2.75) is 13.5 Å². The zero-order valence-corrected chi connectivity index (χ0v) is 8.22. The van der Waals surface area contributed by atoms with Gasteiger partial charge in [0.15, 0.2) is 0 Å². The Hall–Kier alpha value is -1.84. The Kier molecular flexibility index (Phi) is 5.78. The van der Waals surface area contributed by atoms with Crippen LogP contribution in [0.2, 0.25) is 0 Å². The second-order valence-electron chi connectivity index (χ2n) is 2.52. The quantitative estimate of drug-likeness (QED) is 0.495. The first-order valence-corrected chi connectivity index (χ1v) is 4.07. The average molecular weight is 194 g/mol. The highest BCUT2D eigenvalue weighted by Crippen LogP contribution is 1.82. The highest BCUT2D eigenvalue weighted by Gasteiger charge is 1.95. The molecule has 0 aliphatic heterocycles. The molecule has 4 heteroatoms. The van der Waals surface area contributed by atoms with Gasteiger partial charge in [0, 0.05) is 5.97 Å². The maximum absolute atomic E-state index is 8.89. The molecule has 14 heavy (non-hydrogen) atoms. The van der Waals surface area contributed by atoms with E-state index in [-0.39, 0.29) is 0 Å². The van der Waals surface area contributed by atoms with Gasteiger partial charge in [0.2, 0.25) is 6.33 Å². The Bertz CT molecular complexity index is 312. The van der Waals surface area contributed by atoms with Crippen molar-refractivity contribution < 1.29 is 14.5 Å². The van der Waals surface area contributed by atoms with Crippen molar-refractivity contribution in [1.29, 1.82) is 0 Å². The Morgan fingerprint density at radius 2 is 2.21 bits per heavy atom. The topological polar surface area (TPSA) is 48.9 Å². The van der Waals surface area contributed by atoms with Gasteiger partial charge in [-0.15, -0.1) is 0 Å². The number of allylic oxidation sites excluding steroid dienone is 1. The summed E-state index contributed by atoms with van der Waals surface area (Å²) >= 11 is 0. The second-order valence-corrected chi connectivity index (χ2v) is 2.52. The van der Waals surface area contributed by atoms with Crippen molar-refractivity contribution >= 4 is 12.2 Å². The number of carboxylic acids is 1. The van der Waals surface area contributed by atoms with Crippen LogP contribution in [0.4, 0.5) is 0 Å². The fraction of sp³-hybridized carbons (Fsp3) is 0.200. The van der Waals surface area contributed by atoms with Gasteiger partial charge in [0.25, 0.3) is 0 Å². The lowest BCUT2D eigenvalue weighted by Gasteiger charge is -1.83. The van der Waals surface area contributed by atoms with E-state index in [1.807, 2.05) is 33.9 Å². The number of nitrogens with zero attached hydrogens (tertiary/aromatic N) is 2. The molecule has 0 unspecified atom stereocenters. The number of rotatable bonds is 3. The summed E-state index contributed by atoms with van der Waals surface area (Å²) < 4.78 is 3.91. The molecule has 0 spiro atoms. The molecule has 0 aliphatic rings. The molecule has 1 heterocycles. The molecule has 76 valence electrons. The van der Waals surface area contributed by atoms with Crippen molar-refractivity contribution in [3.63, 3.8) is 0 Å². The minimum absolute atomic E-state index is 0.848. The highest BCUT2D eigenvalue weighted by atomic mass is 16.4. The molecule has 0 N–H and O–H groups in total. The van der Waals surface area contributed by atoms with Crippen LogP contribution in [-0.4, -0.2) is 10.5 Å². The van der Waals surface area contributed by atoms with E-state index in [1.54, 1.807) is 6.20 Å². The number of hydrogen-bond donors (Lipinski definition) is 0. The van der Waals surface area contributed by atoms with E-state index in [0.29, 0.717) is 0 Å². The van der Waals surface area contributed by atoms with E-state index >= 15 is 0 Å². The highest BCUT2D eigenvalue weighted by molar-refractivity contribution is 5.60. The predicted molar refractivity (Wildman–Crippen MR) is 51.9 cm³/mol. The van der Waals surface area contributed by atoms with Gasteiger partial charge < -0.3 is 9.90 Å². The van der Waals surface area contributed by atoms with Crippen LogP contribution in [0.5, 0.6) is 0 Å². The van der Waals surface area contributed by atoms with Crippen LogP contribution in [0.3, 0.4) is 0 Å². The maximum Gasteiger partial charge on any atom is 0.248 e. The average Bonchev–Trinajstić information content (AvgIpc) is 2.52. The third-order valence-electron chi connectivity index (χ3n) is 1.26. The lowest BCUT2D eigenvalue weighted by atomic mass is 10.6. The molecular weight excluding hydrogens is 180 g/mol. The Morgan fingerprint density at radius 1 is 1.64 bits per heavy atom. The zero-order valence-electron chi connectivity index (χ0n) is 8.22. The number of hydrogen-bond acceptors (Lipinski definition) is 2. The first-order valence-electron chi connectivity index (χ1n) is 4.07. The van der Waals surface area contributed by atoms with E-state index in [9.17, 15) is 0 Å². The number of carbonyl (C=O) groups excluding carboxylic acids is 1. The van der Waals surface area contributed by atoms with Gasteiger partial charge in [-0.05, 0) is 6.92 Å². The third-order valence-corrected chi connectivity index (χ3v) is 1.26. The van der Waals surface area contributed by atoms with Gasteiger partial charge in [-0.2, -0.15) is 0 Å². The van der Waals surface area contributed by atoms with Gasteiger partial charge in [0.05, 0.1) is 6.20 Å². The molecule has 0 saturated carbocycles. The maximum atomic E-state index is 8.89. The summed E-state index contributed by atoms with van der Waals surface area (Å²) in [5.41, 5.74) is 0. The Balaban J connectivity index is 0.000000364. The molecule has 0 radical (unpaired) electrons. The predicted octanol–water partition coefficient (Wildman–Crippen LogP) is -0.182. The Morgan fingerprint density at radius 3 is 2.57 bits per heavy atom. The molecule has 0 fully saturated rings. The van der Waals surface area contributed by atoms with E-state index in [0.717, 1.165) is 13.5 Å². The van der Waals surface area contributed by atoms with Crippen molar-refractivity contribution in [3.8, 4) is 0 Å². The van der Waals surface area contributed by atoms with Crippen LogP contribution < -0.4 is 9.67 Å². The van der Waals surface area contributed by atoms with Gasteiger partial charge in [0.1, 0.15) is 18.9 Å². The van der Waals surface area contributed by atoms with Gasteiger partial charge in [-0.25, -0.2) is 9.13 Å². The molecule has 1 rings (SSSR count). The summed E-state index contributed by atoms with van der Waals surface area (Å²) in [7, 11) is 0. The summed E-state index contributed by atoms with van der Waals surface area (Å²) in [6.45, 7) is 9.08. The number of aromatic nitrogens is 2. The standard InChI is InChI=1S/C8H11N2.C2H4O2/c1-3-5-10-7-6-9(4-2)8-10;1-2(3)4/h3-4,6-8H,1-2,5H2;1H3,(H,3,4)/q+1;/p-1. The summed E-state index contributed by atoms with van der Waals surface area (Å²) in [4.78, 5) is 8.89. The van der Waals surface area contributed by atoms with E-state index in [4.69, 9.17) is 9.90 Å². The molecule has 1 aromatic heterocycles. The molecule has 0 atom stereocenters. The molecular formula is C10H14N2O2. The minimum Gasteiger partial charge on any atom is -0.550 e. The second kappa shape index (κ2) is 6.65. The van der Waals surface area contributed by atoms with Crippen LogP contribution >= 0.6 is 0 Å². The minimum atomic E-state index is -1.08. The normalized spacial score (nSPS) is 8.36. The monoisotopic (exact) mass is 194 g/mol. The summed E-state index contributed by atoms with van der Waals surface area (Å²) in [6, 6.07) is 0. The van der Waals surface area contributed by atoms with Crippen molar-refractivity contribution in [3.05, 3.63) is 38.0 Å². The van der Waals surface area contributed by atoms with E-state index in [1.165, 1.54) is 0 Å². The number of aliphatic carboxylic acids is 1. The van der Waals surface area contributed by atoms with Crippen LogP contribution in [0.25, 0.3) is 6.20 Å². The van der Waals surface area contributed by atoms with Crippen LogP contribution in [0.15, 0.2) is 38.0 Å². The fourth-order valence-corrected chi connectivity index (χ4v) is 0.776. The molecule has 0 aliphatic carbocycles. The fourth-order valence-electron chi connectivity index (χ4n) is 0.776. The molecule has 0 amide bonds. The first kappa shape index (κ1) is 12.2. The number of imidazole rings is 1. The van der Waals surface area contributed by atoms with Crippen molar-refractivity contribution in [2.75, 3.05) is 0 Å². The van der Waals surface area contributed by atoms with E-state index < -0.39 is 5.97 Å². The first-order chi connectivity index (χ1) is 6.60. The smallest absolute Gasteiger partial charge is 0.248 e. The summed E-state index contributed by atoms with van der Waals surface area (Å²) in [5, 5.41) is 8.89. The van der Waals surface area contributed by atoms with Crippen LogP contribution in [-0.2, 0) is 11.3 Å². The number of carbonyl (C=O) groups is 1. The lowest BCUT2D eigenvalue weighted by Crippen LogP contribution is -2.29. The third kappa shape index (κ3) is 5.77. The SMILES string of the molecule is C=CC[n+]1ccn(C=C)c1.CC(=O)[O-]. The summed E-state index contributed by atoms with van der Waals surface area (Å²) in [6.07, 6.45) is 9.47. The molecule has 0 bridgehead atoms. The Labute approximate surface area is 83.4 Å². The van der Waals surface area contributed by atoms with Crippen molar-refractivity contribution in [1.82, 2.24) is 4.57 Å². The number of carboxylic acid groups (broad SMARTS) is 1. The van der Waals surface area contributed by atoms with Gasteiger partial charge >= 0.3 is 0 Å². The summed E-state index contributed by atoms with van der Waals surface area (Å²) in [5.74, 6) is -1.08. The van der Waals surface area contributed by atoms with Crippen molar-refractivity contribution in [2.24, 2.45) is 0 Å². The van der Waals surface area contributed by atoms with Crippen LogP contribution in [0.1, 0.15) is 6.92 Å². The van der Waals surface area contributed by atoms with Gasteiger partial charge in [-0.3, -0.25) is 0 Å². The largest absolute Gasteiger partial charge is 0.550 e. The lowest BCUT2D eigenvalue weighted by molar-refractivity contribution is -0.686. The molecule has 1 aromatic rings. The van der Waals surface area contributed by atoms with Gasteiger partial charge in [-0.1, -0.05) is 19.2 Å². The van der Waals surface area contributed by atoms with Crippen LogP contribution in [0, 0.1) is 0 Å². The molecule has 0 aromatic carbocycles.